The van der Waals surface area contributed by atoms with E-state index in [1.807, 2.05) is 0 Å². The van der Waals surface area contributed by atoms with Crippen molar-refractivity contribution in [3.8, 4) is 0 Å². The minimum atomic E-state index is -0.582. The van der Waals surface area contributed by atoms with Crippen LogP contribution in [0.4, 0.5) is 5.82 Å². The molecule has 0 N–H and O–H groups in total. The third-order valence-electron chi connectivity index (χ3n) is 0.976. The van der Waals surface area contributed by atoms with Crippen molar-refractivity contribution in [1.29, 1.82) is 0 Å². The number of hydrogen-bond donors (Lipinski definition) is 0. The van der Waals surface area contributed by atoms with Crippen LogP contribution in [0.5, 0.6) is 0 Å². The SMILES string of the molecule is O=[N+]([O-])c1ccc(Cl)c(Br)n1. The molecule has 1 rings (SSSR count). The summed E-state index contributed by atoms with van der Waals surface area (Å²) in [7, 11) is 0. The summed E-state index contributed by atoms with van der Waals surface area (Å²) in [6, 6.07) is 2.66. The second-order valence-corrected chi connectivity index (χ2v) is 2.86. The number of hydrogen-bond acceptors (Lipinski definition) is 3. The molecule has 0 aromatic carbocycles. The zero-order chi connectivity index (χ0) is 8.43. The summed E-state index contributed by atoms with van der Waals surface area (Å²) in [6.45, 7) is 0. The highest BCUT2D eigenvalue weighted by atomic mass is 79.9. The Kier molecular flexibility index (Phi) is 2.41. The zero-order valence-corrected chi connectivity index (χ0v) is 7.46. The number of aromatic nitrogens is 1. The Balaban J connectivity index is 3.15. The number of nitrogens with zero attached hydrogens (tertiary/aromatic N) is 2. The smallest absolute Gasteiger partial charge is 0.358 e. The van der Waals surface area contributed by atoms with Gasteiger partial charge in [-0.1, -0.05) is 11.6 Å². The summed E-state index contributed by atoms with van der Waals surface area (Å²) in [4.78, 5) is 13.1. The van der Waals surface area contributed by atoms with E-state index < -0.39 is 4.92 Å². The van der Waals surface area contributed by atoms with Crippen LogP contribution in [0.3, 0.4) is 0 Å². The second kappa shape index (κ2) is 3.15. The number of rotatable bonds is 1. The molecule has 0 aliphatic carbocycles. The number of halogens is 2. The maximum atomic E-state index is 10.1. The van der Waals surface area contributed by atoms with E-state index in [0.717, 1.165) is 0 Å². The molecule has 1 heterocycles. The molecule has 0 atom stereocenters. The quantitative estimate of drug-likeness (QED) is 0.428. The van der Waals surface area contributed by atoms with Gasteiger partial charge in [0.05, 0.1) is 5.02 Å². The highest BCUT2D eigenvalue weighted by Crippen LogP contribution is 2.22. The molecule has 0 amide bonds. The molecule has 0 bridgehead atoms. The molecule has 1 aromatic rings. The Labute approximate surface area is 75.5 Å². The lowest BCUT2D eigenvalue weighted by molar-refractivity contribution is -0.389. The summed E-state index contributed by atoms with van der Waals surface area (Å²) >= 11 is 8.52. The highest BCUT2D eigenvalue weighted by molar-refractivity contribution is 9.10. The van der Waals surface area contributed by atoms with E-state index in [1.165, 1.54) is 12.1 Å². The molecule has 1 aromatic heterocycles. The Morgan fingerprint density at radius 1 is 1.64 bits per heavy atom. The maximum Gasteiger partial charge on any atom is 0.364 e. The van der Waals surface area contributed by atoms with Gasteiger partial charge in [0.25, 0.3) is 0 Å². The number of nitro groups is 1. The topological polar surface area (TPSA) is 56.0 Å². The maximum absolute atomic E-state index is 10.1. The van der Waals surface area contributed by atoms with Crippen molar-refractivity contribution in [3.63, 3.8) is 0 Å². The first-order chi connectivity index (χ1) is 5.11. The van der Waals surface area contributed by atoms with Gasteiger partial charge >= 0.3 is 5.82 Å². The first-order valence-electron chi connectivity index (χ1n) is 2.57. The van der Waals surface area contributed by atoms with Gasteiger partial charge in [-0.2, -0.15) is 0 Å². The molecule has 11 heavy (non-hydrogen) atoms. The minimum absolute atomic E-state index is 0.221. The van der Waals surface area contributed by atoms with Gasteiger partial charge in [0, 0.05) is 22.0 Å². The molecule has 6 heteroatoms. The van der Waals surface area contributed by atoms with E-state index in [0.29, 0.717) is 5.02 Å². The van der Waals surface area contributed by atoms with Crippen LogP contribution in [0, 0.1) is 10.1 Å². The Hall–Kier alpha value is -0.680. The van der Waals surface area contributed by atoms with Crippen molar-refractivity contribution in [2.75, 3.05) is 0 Å². The molecule has 0 spiro atoms. The fourth-order valence-corrected chi connectivity index (χ4v) is 0.928. The lowest BCUT2D eigenvalue weighted by atomic mass is 10.5. The van der Waals surface area contributed by atoms with E-state index in [-0.39, 0.29) is 10.4 Å². The average molecular weight is 237 g/mol. The third-order valence-corrected chi connectivity index (χ3v) is 2.11. The Morgan fingerprint density at radius 2 is 2.27 bits per heavy atom. The molecule has 0 saturated carbocycles. The normalized spacial score (nSPS) is 9.64. The Morgan fingerprint density at radius 3 is 2.73 bits per heavy atom. The van der Waals surface area contributed by atoms with E-state index in [1.54, 1.807) is 0 Å². The summed E-state index contributed by atoms with van der Waals surface area (Å²) < 4.78 is 0.286. The van der Waals surface area contributed by atoms with Crippen LogP contribution in [0.2, 0.25) is 5.02 Å². The van der Waals surface area contributed by atoms with E-state index in [4.69, 9.17) is 11.6 Å². The molecule has 0 saturated heterocycles. The molecule has 58 valence electrons. The van der Waals surface area contributed by atoms with Crippen LogP contribution in [0.1, 0.15) is 0 Å². The fraction of sp³-hybridized carbons (Fsp3) is 0. The van der Waals surface area contributed by atoms with Crippen molar-refractivity contribution in [1.82, 2.24) is 4.98 Å². The first kappa shape index (κ1) is 8.42. The van der Waals surface area contributed by atoms with Crippen molar-refractivity contribution in [3.05, 3.63) is 31.9 Å². The zero-order valence-electron chi connectivity index (χ0n) is 5.12. The van der Waals surface area contributed by atoms with E-state index in [2.05, 4.69) is 20.9 Å². The van der Waals surface area contributed by atoms with Crippen LogP contribution in [0.25, 0.3) is 0 Å². The summed E-state index contributed by atoms with van der Waals surface area (Å²) in [5.41, 5.74) is 0. The van der Waals surface area contributed by atoms with Crippen LogP contribution in [-0.4, -0.2) is 9.91 Å². The largest absolute Gasteiger partial charge is 0.364 e. The molecule has 0 aliphatic rings. The van der Waals surface area contributed by atoms with Gasteiger partial charge in [-0.15, -0.1) is 0 Å². The van der Waals surface area contributed by atoms with E-state index in [9.17, 15) is 10.1 Å². The molecule has 0 aliphatic heterocycles. The van der Waals surface area contributed by atoms with Crippen molar-refractivity contribution < 1.29 is 4.92 Å². The number of pyridine rings is 1. The lowest BCUT2D eigenvalue weighted by Crippen LogP contribution is -1.91. The highest BCUT2D eigenvalue weighted by Gasteiger charge is 2.10. The van der Waals surface area contributed by atoms with Crippen LogP contribution >= 0.6 is 27.5 Å². The summed E-state index contributed by atoms with van der Waals surface area (Å²) in [6.07, 6.45) is 0. The van der Waals surface area contributed by atoms with E-state index >= 15 is 0 Å². The van der Waals surface area contributed by atoms with Gasteiger partial charge in [0.2, 0.25) is 4.60 Å². The van der Waals surface area contributed by atoms with Crippen LogP contribution in [-0.2, 0) is 0 Å². The lowest BCUT2D eigenvalue weighted by Gasteiger charge is -1.91. The van der Waals surface area contributed by atoms with Crippen molar-refractivity contribution in [2.24, 2.45) is 0 Å². The van der Waals surface area contributed by atoms with Gasteiger partial charge < -0.3 is 10.1 Å². The molecular formula is C5H2BrClN2O2. The van der Waals surface area contributed by atoms with Gasteiger partial charge in [0.15, 0.2) is 0 Å². The van der Waals surface area contributed by atoms with Gasteiger partial charge in [0.1, 0.15) is 0 Å². The average Bonchev–Trinajstić information content (AvgIpc) is 1.94. The minimum Gasteiger partial charge on any atom is -0.358 e. The van der Waals surface area contributed by atoms with Crippen molar-refractivity contribution in [2.45, 2.75) is 0 Å². The fourth-order valence-electron chi connectivity index (χ4n) is 0.509. The summed E-state index contributed by atoms with van der Waals surface area (Å²) in [5, 5.41) is 10.5. The van der Waals surface area contributed by atoms with Gasteiger partial charge in [-0.05, 0) is 16.0 Å². The molecular weight excluding hydrogens is 235 g/mol. The molecule has 0 unspecified atom stereocenters. The van der Waals surface area contributed by atoms with Gasteiger partial charge in [-0.25, -0.2) is 0 Å². The Bertz CT molecular complexity index is 305. The van der Waals surface area contributed by atoms with Crippen LogP contribution in [0.15, 0.2) is 16.7 Å². The molecule has 0 radical (unpaired) electrons. The third kappa shape index (κ3) is 1.87. The van der Waals surface area contributed by atoms with Crippen LogP contribution < -0.4 is 0 Å². The second-order valence-electron chi connectivity index (χ2n) is 1.70. The summed E-state index contributed by atoms with van der Waals surface area (Å²) in [5.74, 6) is -0.221. The molecule has 4 nitrogen and oxygen atoms in total. The predicted molar refractivity (Wildman–Crippen MR) is 43.6 cm³/mol. The van der Waals surface area contributed by atoms with Crippen molar-refractivity contribution >= 4 is 33.3 Å². The van der Waals surface area contributed by atoms with Gasteiger partial charge in [-0.3, -0.25) is 0 Å². The molecule has 0 fully saturated rings. The first-order valence-corrected chi connectivity index (χ1v) is 3.75. The standard InChI is InChI=1S/C5H2BrClN2O2/c6-5-3(7)1-2-4(8-5)9(10)11/h1-2H. The monoisotopic (exact) mass is 236 g/mol. The predicted octanol–water partition coefficient (Wildman–Crippen LogP) is 2.41.